The van der Waals surface area contributed by atoms with E-state index in [0.717, 1.165) is 5.76 Å². The second-order valence-electron chi connectivity index (χ2n) is 3.83. The zero-order valence-electron chi connectivity index (χ0n) is 8.17. The Morgan fingerprint density at radius 1 is 1.53 bits per heavy atom. The van der Waals surface area contributed by atoms with Crippen molar-refractivity contribution in [3.8, 4) is 0 Å². The predicted octanol–water partition coefficient (Wildman–Crippen LogP) is -1.50. The summed E-state index contributed by atoms with van der Waals surface area (Å²) in [6, 6.07) is 3.34. The van der Waals surface area contributed by atoms with Crippen molar-refractivity contribution in [2.24, 2.45) is 0 Å². The van der Waals surface area contributed by atoms with Gasteiger partial charge in [-0.25, -0.2) is 8.42 Å². The Labute approximate surface area is 88.0 Å². The Kier molecular flexibility index (Phi) is 2.81. The van der Waals surface area contributed by atoms with Crippen LogP contribution >= 0.6 is 0 Å². The maximum Gasteiger partial charge on any atom is 0.159 e. The molecule has 0 radical (unpaired) electrons. The van der Waals surface area contributed by atoms with E-state index in [-0.39, 0.29) is 17.5 Å². The molecule has 0 spiro atoms. The molecule has 1 aromatic rings. The van der Waals surface area contributed by atoms with Crippen LogP contribution in [0, 0.1) is 0 Å². The minimum atomic E-state index is -3.05. The molecule has 2 atom stereocenters. The summed E-state index contributed by atoms with van der Waals surface area (Å²) in [7, 11) is -3.05. The van der Waals surface area contributed by atoms with Gasteiger partial charge in [-0.3, -0.25) is 0 Å². The summed E-state index contributed by atoms with van der Waals surface area (Å²) in [5.74, 6) is 0.716. The molecule has 6 heteroatoms. The monoisotopic (exact) mass is 232 g/mol. The summed E-state index contributed by atoms with van der Waals surface area (Å²) in [5.41, 5.74) is 0. The van der Waals surface area contributed by atoms with Crippen molar-refractivity contribution in [2.75, 3.05) is 11.5 Å². The standard InChI is InChI=1S/C9H13NO4S/c11-9-6-15(12,13)5-8(9)10-4-7-2-1-3-14-7/h1-3,8-11H,4-6H2/p+1/t8-,9-/m0/s1. The van der Waals surface area contributed by atoms with Crippen molar-refractivity contribution in [3.63, 3.8) is 0 Å². The summed E-state index contributed by atoms with van der Waals surface area (Å²) in [6.07, 6.45) is 0.815. The molecular weight excluding hydrogens is 218 g/mol. The number of furan rings is 1. The van der Waals surface area contributed by atoms with Crippen molar-refractivity contribution in [1.82, 2.24) is 0 Å². The van der Waals surface area contributed by atoms with Gasteiger partial charge in [-0.05, 0) is 12.1 Å². The molecule has 15 heavy (non-hydrogen) atoms. The van der Waals surface area contributed by atoms with Gasteiger partial charge in [-0.15, -0.1) is 0 Å². The van der Waals surface area contributed by atoms with E-state index in [9.17, 15) is 13.5 Å². The average Bonchev–Trinajstić information content (AvgIpc) is 2.70. The third kappa shape index (κ3) is 2.58. The number of aliphatic hydroxyl groups is 1. The second-order valence-corrected chi connectivity index (χ2v) is 5.98. The van der Waals surface area contributed by atoms with Crippen molar-refractivity contribution >= 4 is 9.84 Å². The minimum absolute atomic E-state index is 0.0505. The van der Waals surface area contributed by atoms with Crippen LogP contribution in [0.15, 0.2) is 22.8 Å². The molecule has 84 valence electrons. The SMILES string of the molecule is O=S1(=O)C[C@H]([NH2+]Cc2ccco2)[C@@H](O)C1. The molecule has 0 aliphatic carbocycles. The van der Waals surface area contributed by atoms with Gasteiger partial charge in [0, 0.05) is 0 Å². The highest BCUT2D eigenvalue weighted by Crippen LogP contribution is 2.09. The maximum absolute atomic E-state index is 11.2. The third-order valence-corrected chi connectivity index (χ3v) is 4.31. The molecule has 3 N–H and O–H groups in total. The number of rotatable bonds is 3. The van der Waals surface area contributed by atoms with Gasteiger partial charge in [0.2, 0.25) is 0 Å². The van der Waals surface area contributed by atoms with E-state index in [1.54, 1.807) is 12.3 Å². The maximum atomic E-state index is 11.2. The molecule has 0 saturated carbocycles. The van der Waals surface area contributed by atoms with Crippen LogP contribution in [0.4, 0.5) is 0 Å². The van der Waals surface area contributed by atoms with Gasteiger partial charge in [-0.1, -0.05) is 0 Å². The van der Waals surface area contributed by atoms with Gasteiger partial charge >= 0.3 is 0 Å². The Bertz CT molecular complexity index is 411. The van der Waals surface area contributed by atoms with Crippen LogP contribution in [0.2, 0.25) is 0 Å². The number of hydrogen-bond acceptors (Lipinski definition) is 4. The predicted molar refractivity (Wildman–Crippen MR) is 52.8 cm³/mol. The zero-order valence-corrected chi connectivity index (χ0v) is 8.98. The summed E-state index contributed by atoms with van der Waals surface area (Å²) < 4.78 is 27.5. The van der Waals surface area contributed by atoms with Crippen LogP contribution in [-0.4, -0.2) is 37.2 Å². The van der Waals surface area contributed by atoms with Crippen LogP contribution < -0.4 is 5.32 Å². The molecule has 0 bridgehead atoms. The number of hydrogen-bond donors (Lipinski definition) is 2. The van der Waals surface area contributed by atoms with Gasteiger partial charge in [0.05, 0.1) is 12.0 Å². The van der Waals surface area contributed by atoms with Crippen LogP contribution in [0.3, 0.4) is 0 Å². The number of sulfone groups is 1. The zero-order chi connectivity index (χ0) is 10.9. The first-order chi connectivity index (χ1) is 7.07. The van der Waals surface area contributed by atoms with E-state index >= 15 is 0 Å². The van der Waals surface area contributed by atoms with E-state index in [1.807, 2.05) is 11.4 Å². The molecule has 2 heterocycles. The molecule has 2 rings (SSSR count). The lowest BCUT2D eigenvalue weighted by Gasteiger charge is -2.09. The molecular formula is C9H14NO4S+. The van der Waals surface area contributed by atoms with Crippen molar-refractivity contribution in [3.05, 3.63) is 24.2 Å². The topological polar surface area (TPSA) is 84.1 Å². The summed E-state index contributed by atoms with van der Waals surface area (Å²) in [5, 5.41) is 11.3. The molecule has 0 unspecified atom stereocenters. The quantitative estimate of drug-likeness (QED) is 0.664. The number of nitrogens with two attached hydrogens (primary N) is 1. The normalized spacial score (nSPS) is 29.4. The number of quaternary nitrogens is 1. The lowest BCUT2D eigenvalue weighted by molar-refractivity contribution is -0.706. The summed E-state index contributed by atoms with van der Waals surface area (Å²) >= 11 is 0. The van der Waals surface area contributed by atoms with Crippen molar-refractivity contribution in [2.45, 2.75) is 18.7 Å². The smallest absolute Gasteiger partial charge is 0.159 e. The van der Waals surface area contributed by atoms with Crippen LogP contribution in [0.25, 0.3) is 0 Å². The van der Waals surface area contributed by atoms with Crippen molar-refractivity contribution < 1.29 is 23.3 Å². The van der Waals surface area contributed by atoms with Gasteiger partial charge < -0.3 is 14.8 Å². The molecule has 1 aliphatic heterocycles. The Morgan fingerprint density at radius 2 is 2.33 bits per heavy atom. The highest BCUT2D eigenvalue weighted by Gasteiger charge is 2.39. The first kappa shape index (κ1) is 10.7. The molecule has 0 amide bonds. The Balaban J connectivity index is 1.91. The van der Waals surface area contributed by atoms with E-state index < -0.39 is 15.9 Å². The van der Waals surface area contributed by atoms with Crippen LogP contribution in [0.1, 0.15) is 5.76 Å². The highest BCUT2D eigenvalue weighted by atomic mass is 32.2. The molecule has 1 aromatic heterocycles. The highest BCUT2D eigenvalue weighted by molar-refractivity contribution is 7.91. The lowest BCUT2D eigenvalue weighted by Crippen LogP contribution is -2.91. The van der Waals surface area contributed by atoms with Crippen LogP contribution in [-0.2, 0) is 16.4 Å². The fourth-order valence-electron chi connectivity index (χ4n) is 1.78. The largest absolute Gasteiger partial charge is 0.463 e. The minimum Gasteiger partial charge on any atom is -0.463 e. The van der Waals surface area contributed by atoms with E-state index in [4.69, 9.17) is 4.42 Å². The molecule has 1 aliphatic rings. The summed E-state index contributed by atoms with van der Waals surface area (Å²) in [4.78, 5) is 0. The Morgan fingerprint density at radius 3 is 2.87 bits per heavy atom. The lowest BCUT2D eigenvalue weighted by atomic mass is 10.2. The molecule has 5 nitrogen and oxygen atoms in total. The van der Waals surface area contributed by atoms with Gasteiger partial charge in [0.15, 0.2) is 15.6 Å². The third-order valence-electron chi connectivity index (χ3n) is 2.57. The van der Waals surface area contributed by atoms with E-state index in [2.05, 4.69) is 0 Å². The average molecular weight is 232 g/mol. The first-order valence-corrected chi connectivity index (χ1v) is 6.63. The molecule has 1 fully saturated rings. The summed E-state index contributed by atoms with van der Waals surface area (Å²) in [6.45, 7) is 0.560. The van der Waals surface area contributed by atoms with E-state index in [1.165, 1.54) is 0 Å². The first-order valence-electron chi connectivity index (χ1n) is 4.81. The fraction of sp³-hybridized carbons (Fsp3) is 0.556. The Hall–Kier alpha value is -0.850. The number of aliphatic hydroxyl groups excluding tert-OH is 1. The van der Waals surface area contributed by atoms with Crippen molar-refractivity contribution in [1.29, 1.82) is 0 Å². The van der Waals surface area contributed by atoms with Gasteiger partial charge in [0.25, 0.3) is 0 Å². The van der Waals surface area contributed by atoms with Gasteiger partial charge in [0.1, 0.15) is 24.4 Å². The second kappa shape index (κ2) is 3.96. The van der Waals surface area contributed by atoms with E-state index in [0.29, 0.717) is 6.54 Å². The fourth-order valence-corrected chi connectivity index (χ4v) is 3.63. The van der Waals surface area contributed by atoms with Gasteiger partial charge in [-0.2, -0.15) is 0 Å². The molecule has 0 aromatic carbocycles. The molecule has 1 saturated heterocycles. The van der Waals surface area contributed by atoms with Crippen LogP contribution in [0.5, 0.6) is 0 Å².